The van der Waals surface area contributed by atoms with Crippen LogP contribution in [0.4, 0.5) is 10.5 Å². The van der Waals surface area contributed by atoms with Gasteiger partial charge in [0.1, 0.15) is 6.04 Å². The average molecular weight is 394 g/mol. The van der Waals surface area contributed by atoms with Gasteiger partial charge in [0.15, 0.2) is 0 Å². The second kappa shape index (κ2) is 9.01. The van der Waals surface area contributed by atoms with E-state index >= 15 is 0 Å². The Kier molecular flexibility index (Phi) is 6.23. The fourth-order valence-corrected chi connectivity index (χ4v) is 3.09. The molecule has 1 aliphatic rings. The van der Waals surface area contributed by atoms with Crippen LogP contribution >= 0.6 is 0 Å². The molecule has 0 aliphatic carbocycles. The highest BCUT2D eigenvalue weighted by Gasteiger charge is 2.37. The molecule has 0 radical (unpaired) electrons. The fourth-order valence-electron chi connectivity index (χ4n) is 3.09. The van der Waals surface area contributed by atoms with Gasteiger partial charge < -0.3 is 16.4 Å². The number of hydrogen-bond donors (Lipinski definition) is 3. The Morgan fingerprint density at radius 1 is 1.03 bits per heavy atom. The Labute approximate surface area is 168 Å². The molecule has 1 fully saturated rings. The molecule has 8 nitrogen and oxygen atoms in total. The maximum Gasteiger partial charge on any atom is 0.324 e. The first-order valence-electron chi connectivity index (χ1n) is 9.29. The van der Waals surface area contributed by atoms with Crippen molar-refractivity contribution in [3.8, 4) is 0 Å². The van der Waals surface area contributed by atoms with Crippen LogP contribution in [0.3, 0.4) is 0 Å². The molecule has 150 valence electrons. The number of imide groups is 1. The number of benzene rings is 2. The maximum atomic E-state index is 12.5. The van der Waals surface area contributed by atoms with Crippen LogP contribution in [0.1, 0.15) is 28.8 Å². The summed E-state index contributed by atoms with van der Waals surface area (Å²) in [6, 6.07) is 14.6. The average Bonchev–Trinajstić information content (AvgIpc) is 2.99. The second-order valence-corrected chi connectivity index (χ2v) is 6.76. The minimum absolute atomic E-state index is 0.0702. The smallest absolute Gasteiger partial charge is 0.324 e. The molecule has 2 aromatic rings. The van der Waals surface area contributed by atoms with E-state index in [0.29, 0.717) is 24.2 Å². The third-order valence-corrected chi connectivity index (χ3v) is 4.69. The van der Waals surface area contributed by atoms with E-state index in [9.17, 15) is 19.2 Å². The molecule has 8 heteroatoms. The molecule has 0 aromatic heterocycles. The Bertz CT molecular complexity index is 912. The van der Waals surface area contributed by atoms with Crippen molar-refractivity contribution in [1.82, 2.24) is 10.2 Å². The number of nitrogens with one attached hydrogen (secondary N) is 2. The summed E-state index contributed by atoms with van der Waals surface area (Å²) in [6.07, 6.45) is 0.854. The highest BCUT2D eigenvalue weighted by Crippen LogP contribution is 2.14. The Morgan fingerprint density at radius 3 is 2.38 bits per heavy atom. The van der Waals surface area contributed by atoms with E-state index in [1.54, 1.807) is 12.1 Å². The number of carbonyl (C=O) groups is 4. The van der Waals surface area contributed by atoms with Crippen LogP contribution < -0.4 is 16.4 Å². The van der Waals surface area contributed by atoms with Crippen LogP contribution in [0.2, 0.25) is 0 Å². The first-order chi connectivity index (χ1) is 13.9. The molecule has 0 spiro atoms. The first-order valence-corrected chi connectivity index (χ1v) is 9.29. The zero-order chi connectivity index (χ0) is 20.8. The molecule has 1 heterocycles. The summed E-state index contributed by atoms with van der Waals surface area (Å²) in [5.74, 6) is -1.15. The topological polar surface area (TPSA) is 122 Å². The third kappa shape index (κ3) is 5.19. The molecule has 4 N–H and O–H groups in total. The summed E-state index contributed by atoms with van der Waals surface area (Å²) in [7, 11) is 0. The van der Waals surface area contributed by atoms with Crippen LogP contribution in [-0.4, -0.2) is 41.2 Å². The number of nitrogens with zero attached hydrogens (tertiary/aromatic N) is 1. The molecule has 1 unspecified atom stereocenters. The molecule has 3 rings (SSSR count). The molecule has 0 saturated carbocycles. The van der Waals surface area contributed by atoms with Gasteiger partial charge in [-0.25, -0.2) is 4.79 Å². The summed E-state index contributed by atoms with van der Waals surface area (Å²) in [6.45, 7) is 0.295. The summed E-state index contributed by atoms with van der Waals surface area (Å²) < 4.78 is 0. The zero-order valence-electron chi connectivity index (χ0n) is 15.8. The van der Waals surface area contributed by atoms with Crippen LogP contribution in [0.25, 0.3) is 0 Å². The van der Waals surface area contributed by atoms with E-state index in [4.69, 9.17) is 5.73 Å². The number of amides is 5. The zero-order valence-corrected chi connectivity index (χ0v) is 15.8. The van der Waals surface area contributed by atoms with Crippen molar-refractivity contribution in [3.05, 3.63) is 65.7 Å². The van der Waals surface area contributed by atoms with E-state index in [2.05, 4.69) is 10.6 Å². The largest absolute Gasteiger partial charge is 0.366 e. The van der Waals surface area contributed by atoms with Crippen molar-refractivity contribution >= 4 is 29.4 Å². The quantitative estimate of drug-likeness (QED) is 0.590. The van der Waals surface area contributed by atoms with E-state index in [1.165, 1.54) is 17.0 Å². The number of nitrogens with two attached hydrogens (primary N) is 1. The number of urea groups is 1. The number of rotatable bonds is 8. The lowest BCUT2D eigenvalue weighted by molar-refractivity contribution is -0.127. The Balaban J connectivity index is 1.47. The molecule has 2 aromatic carbocycles. The lowest BCUT2D eigenvalue weighted by atomic mass is 10.1. The normalized spacial score (nSPS) is 15.9. The predicted octanol–water partition coefficient (Wildman–Crippen LogP) is 1.67. The lowest BCUT2D eigenvalue weighted by Crippen LogP contribution is -2.33. The van der Waals surface area contributed by atoms with Crippen molar-refractivity contribution in [1.29, 1.82) is 0 Å². The van der Waals surface area contributed by atoms with Crippen molar-refractivity contribution in [2.24, 2.45) is 5.73 Å². The third-order valence-electron chi connectivity index (χ3n) is 4.69. The summed E-state index contributed by atoms with van der Waals surface area (Å²) in [5.41, 5.74) is 7.08. The standard InChI is InChI=1S/C21H22N4O4/c22-19(27)15-6-8-16(9-7-15)23-18(26)11-10-17-20(28)25(21(29)24-17)13-12-14-4-2-1-3-5-14/h1-9,17H,10-13H2,(H2,22,27)(H,23,26)(H,24,29). The first kappa shape index (κ1) is 20.1. The van der Waals surface area contributed by atoms with Crippen molar-refractivity contribution in [2.75, 3.05) is 11.9 Å². The van der Waals surface area contributed by atoms with E-state index < -0.39 is 18.0 Å². The van der Waals surface area contributed by atoms with Crippen LogP contribution in [-0.2, 0) is 16.0 Å². The highest BCUT2D eigenvalue weighted by molar-refractivity contribution is 6.04. The van der Waals surface area contributed by atoms with Gasteiger partial charge in [0.25, 0.3) is 5.91 Å². The second-order valence-electron chi connectivity index (χ2n) is 6.76. The molecule has 1 aliphatic heterocycles. The van der Waals surface area contributed by atoms with Gasteiger partial charge in [-0.15, -0.1) is 0 Å². The maximum absolute atomic E-state index is 12.5. The van der Waals surface area contributed by atoms with Gasteiger partial charge in [-0.3, -0.25) is 19.3 Å². The van der Waals surface area contributed by atoms with Crippen molar-refractivity contribution < 1.29 is 19.2 Å². The van der Waals surface area contributed by atoms with E-state index in [0.717, 1.165) is 5.56 Å². The molecular weight excluding hydrogens is 372 g/mol. The summed E-state index contributed by atoms with van der Waals surface area (Å²) >= 11 is 0. The molecule has 29 heavy (non-hydrogen) atoms. The van der Waals surface area contributed by atoms with Crippen molar-refractivity contribution in [3.63, 3.8) is 0 Å². The van der Waals surface area contributed by atoms with Gasteiger partial charge in [-0.05, 0) is 42.7 Å². The fraction of sp³-hybridized carbons (Fsp3) is 0.238. The Hall–Kier alpha value is -3.68. The molecule has 1 atom stereocenters. The Morgan fingerprint density at radius 2 is 1.72 bits per heavy atom. The van der Waals surface area contributed by atoms with Crippen LogP contribution in [0.5, 0.6) is 0 Å². The monoisotopic (exact) mass is 394 g/mol. The number of anilines is 1. The molecule has 5 amide bonds. The van der Waals surface area contributed by atoms with Crippen molar-refractivity contribution in [2.45, 2.75) is 25.3 Å². The van der Waals surface area contributed by atoms with Gasteiger partial charge in [0.2, 0.25) is 11.8 Å². The van der Waals surface area contributed by atoms with E-state index in [1.807, 2.05) is 30.3 Å². The van der Waals surface area contributed by atoms with E-state index in [-0.39, 0.29) is 24.7 Å². The lowest BCUT2D eigenvalue weighted by Gasteiger charge is -2.13. The number of hydrogen-bond acceptors (Lipinski definition) is 4. The minimum atomic E-state index is -0.707. The number of primary amides is 1. The molecule has 0 bridgehead atoms. The number of carbonyl (C=O) groups excluding carboxylic acids is 4. The minimum Gasteiger partial charge on any atom is -0.366 e. The van der Waals surface area contributed by atoms with Gasteiger partial charge in [-0.1, -0.05) is 30.3 Å². The van der Waals surface area contributed by atoms with Crippen LogP contribution in [0, 0.1) is 0 Å². The summed E-state index contributed by atoms with van der Waals surface area (Å²) in [4.78, 5) is 49.0. The van der Waals surface area contributed by atoms with Gasteiger partial charge in [-0.2, -0.15) is 0 Å². The molecule has 1 saturated heterocycles. The van der Waals surface area contributed by atoms with Gasteiger partial charge in [0, 0.05) is 24.2 Å². The van der Waals surface area contributed by atoms with Gasteiger partial charge in [0.05, 0.1) is 0 Å². The summed E-state index contributed by atoms with van der Waals surface area (Å²) in [5, 5.41) is 5.32. The SMILES string of the molecule is NC(=O)c1ccc(NC(=O)CCC2NC(=O)N(CCc3ccccc3)C2=O)cc1. The van der Waals surface area contributed by atoms with Crippen LogP contribution in [0.15, 0.2) is 54.6 Å². The van der Waals surface area contributed by atoms with Gasteiger partial charge >= 0.3 is 6.03 Å². The predicted molar refractivity (Wildman–Crippen MR) is 107 cm³/mol. The highest BCUT2D eigenvalue weighted by atomic mass is 16.2. The molecular formula is C21H22N4O4.